The van der Waals surface area contributed by atoms with E-state index in [4.69, 9.17) is 0 Å². The van der Waals surface area contributed by atoms with E-state index in [9.17, 15) is 0 Å². The van der Waals surface area contributed by atoms with Crippen LogP contribution in [-0.2, 0) is 0 Å². The first kappa shape index (κ1) is 8.59. The molecule has 0 aliphatic heterocycles. The zero-order valence-electron chi connectivity index (χ0n) is 8.72. The third kappa shape index (κ3) is 1.20. The highest BCUT2D eigenvalue weighted by atomic mass is 14.6. The highest BCUT2D eigenvalue weighted by molar-refractivity contribution is 5.05. The number of rotatable bonds is 3. The first-order chi connectivity index (χ1) is 5.75. The van der Waals surface area contributed by atoms with Gasteiger partial charge in [-0.3, -0.25) is 0 Å². The van der Waals surface area contributed by atoms with E-state index in [0.29, 0.717) is 0 Å². The lowest BCUT2D eigenvalue weighted by atomic mass is 9.91. The van der Waals surface area contributed by atoms with E-state index >= 15 is 0 Å². The molecule has 5 unspecified atom stereocenters. The fourth-order valence-electron chi connectivity index (χ4n) is 3.74. The fraction of sp³-hybridized carbons (Fsp3) is 1.00. The van der Waals surface area contributed by atoms with E-state index in [1.807, 2.05) is 0 Å². The standard InChI is InChI=1S/C12H22/c1-4-5-6-10-7-8(2)11-9(3)12(10)11/h8-12H,4-7H2,1-3H3. The van der Waals surface area contributed by atoms with Crippen LogP contribution in [0.4, 0.5) is 0 Å². The van der Waals surface area contributed by atoms with E-state index < -0.39 is 0 Å². The van der Waals surface area contributed by atoms with Crippen LogP contribution in [0.2, 0.25) is 0 Å². The zero-order chi connectivity index (χ0) is 8.72. The van der Waals surface area contributed by atoms with Crippen molar-refractivity contribution < 1.29 is 0 Å². The van der Waals surface area contributed by atoms with Crippen LogP contribution >= 0.6 is 0 Å². The molecule has 2 aliphatic carbocycles. The molecule has 2 fully saturated rings. The maximum absolute atomic E-state index is 2.47. The van der Waals surface area contributed by atoms with Crippen LogP contribution in [-0.4, -0.2) is 0 Å². The summed E-state index contributed by atoms with van der Waals surface area (Å²) in [5.41, 5.74) is 0. The Morgan fingerprint density at radius 3 is 2.42 bits per heavy atom. The van der Waals surface area contributed by atoms with Crippen LogP contribution in [0.5, 0.6) is 0 Å². The van der Waals surface area contributed by atoms with Crippen LogP contribution in [0.25, 0.3) is 0 Å². The first-order valence-corrected chi connectivity index (χ1v) is 5.75. The van der Waals surface area contributed by atoms with Crippen LogP contribution < -0.4 is 0 Å². The van der Waals surface area contributed by atoms with Crippen molar-refractivity contribution in [2.75, 3.05) is 0 Å². The molecule has 0 heterocycles. The summed E-state index contributed by atoms with van der Waals surface area (Å²) < 4.78 is 0. The van der Waals surface area contributed by atoms with Gasteiger partial charge in [-0.05, 0) is 36.0 Å². The lowest BCUT2D eigenvalue weighted by molar-refractivity contribution is 0.364. The van der Waals surface area contributed by atoms with Crippen molar-refractivity contribution in [1.82, 2.24) is 0 Å². The Bertz CT molecular complexity index is 161. The van der Waals surface area contributed by atoms with Gasteiger partial charge >= 0.3 is 0 Å². The van der Waals surface area contributed by atoms with Crippen molar-refractivity contribution in [2.45, 2.75) is 46.5 Å². The van der Waals surface area contributed by atoms with Crippen molar-refractivity contribution in [3.63, 3.8) is 0 Å². The van der Waals surface area contributed by atoms with Gasteiger partial charge in [0.2, 0.25) is 0 Å². The molecular formula is C12H22. The summed E-state index contributed by atoms with van der Waals surface area (Å²) in [4.78, 5) is 0. The number of unbranched alkanes of at least 4 members (excludes halogenated alkanes) is 1. The smallest absolute Gasteiger partial charge is 0.0323 e. The van der Waals surface area contributed by atoms with Gasteiger partial charge in [0, 0.05) is 0 Å². The van der Waals surface area contributed by atoms with Crippen LogP contribution in [0, 0.1) is 29.6 Å². The van der Waals surface area contributed by atoms with Crippen molar-refractivity contribution in [3.05, 3.63) is 0 Å². The number of hydrogen-bond donors (Lipinski definition) is 0. The van der Waals surface area contributed by atoms with Crippen LogP contribution in [0.15, 0.2) is 0 Å². The van der Waals surface area contributed by atoms with Gasteiger partial charge in [0.15, 0.2) is 0 Å². The number of hydrogen-bond acceptors (Lipinski definition) is 0. The van der Waals surface area contributed by atoms with Crippen molar-refractivity contribution >= 4 is 0 Å². The third-order valence-electron chi connectivity index (χ3n) is 4.32. The largest absolute Gasteiger partial charge is 0.0654 e. The fourth-order valence-corrected chi connectivity index (χ4v) is 3.74. The van der Waals surface area contributed by atoms with Crippen molar-refractivity contribution in [2.24, 2.45) is 29.6 Å². The highest BCUT2D eigenvalue weighted by Gasteiger charge is 2.57. The lowest BCUT2D eigenvalue weighted by Gasteiger charge is -2.14. The molecule has 0 N–H and O–H groups in total. The van der Waals surface area contributed by atoms with Gasteiger partial charge in [0.1, 0.15) is 0 Å². The van der Waals surface area contributed by atoms with Gasteiger partial charge in [-0.1, -0.05) is 40.0 Å². The molecule has 2 rings (SSSR count). The molecule has 0 heteroatoms. The van der Waals surface area contributed by atoms with Gasteiger partial charge in [0.05, 0.1) is 0 Å². The minimum absolute atomic E-state index is 1.05. The van der Waals surface area contributed by atoms with Crippen molar-refractivity contribution in [1.29, 1.82) is 0 Å². The molecule has 0 saturated heterocycles. The quantitative estimate of drug-likeness (QED) is 0.599. The van der Waals surface area contributed by atoms with Gasteiger partial charge < -0.3 is 0 Å². The summed E-state index contributed by atoms with van der Waals surface area (Å²) in [6, 6.07) is 0. The van der Waals surface area contributed by atoms with E-state index in [2.05, 4.69) is 20.8 Å². The summed E-state index contributed by atoms with van der Waals surface area (Å²) >= 11 is 0. The second kappa shape index (κ2) is 3.05. The molecule has 12 heavy (non-hydrogen) atoms. The molecule has 70 valence electrons. The summed E-state index contributed by atoms with van der Waals surface area (Å²) in [5.74, 6) is 5.51. The number of fused-ring (bicyclic) bond motifs is 1. The van der Waals surface area contributed by atoms with Gasteiger partial charge in [-0.15, -0.1) is 0 Å². The lowest BCUT2D eigenvalue weighted by Crippen LogP contribution is -2.04. The minimum Gasteiger partial charge on any atom is -0.0654 e. The maximum Gasteiger partial charge on any atom is -0.0323 e. The molecule has 0 aromatic rings. The Labute approximate surface area is 76.7 Å². The van der Waals surface area contributed by atoms with Crippen molar-refractivity contribution in [3.8, 4) is 0 Å². The summed E-state index contributed by atoms with van der Waals surface area (Å²) in [5, 5.41) is 0. The van der Waals surface area contributed by atoms with E-state index in [-0.39, 0.29) is 0 Å². The minimum atomic E-state index is 1.05. The second-order valence-corrected chi connectivity index (χ2v) is 5.13. The molecule has 0 aromatic carbocycles. The Morgan fingerprint density at radius 1 is 1.17 bits per heavy atom. The van der Waals surface area contributed by atoms with Gasteiger partial charge in [0.25, 0.3) is 0 Å². The molecule has 0 amide bonds. The molecule has 2 aliphatic rings. The average molecular weight is 166 g/mol. The molecule has 5 atom stereocenters. The Kier molecular flexibility index (Phi) is 2.18. The topological polar surface area (TPSA) is 0 Å². The van der Waals surface area contributed by atoms with E-state index in [1.165, 1.54) is 19.3 Å². The van der Waals surface area contributed by atoms with E-state index in [1.54, 1.807) is 6.42 Å². The predicted molar refractivity (Wildman–Crippen MR) is 52.9 cm³/mol. The summed E-state index contributed by atoms with van der Waals surface area (Å²) in [7, 11) is 0. The first-order valence-electron chi connectivity index (χ1n) is 5.75. The molecule has 0 aromatic heterocycles. The summed E-state index contributed by atoms with van der Waals surface area (Å²) in [6.07, 6.45) is 5.91. The Balaban J connectivity index is 1.85. The molecule has 0 spiro atoms. The SMILES string of the molecule is CCCCC1CC(C)C2C(C)C12. The second-order valence-electron chi connectivity index (χ2n) is 5.13. The maximum atomic E-state index is 2.47. The molecular weight excluding hydrogens is 144 g/mol. The monoisotopic (exact) mass is 166 g/mol. The highest BCUT2D eigenvalue weighted by Crippen LogP contribution is 2.63. The third-order valence-corrected chi connectivity index (χ3v) is 4.32. The van der Waals surface area contributed by atoms with Crippen LogP contribution in [0.3, 0.4) is 0 Å². The van der Waals surface area contributed by atoms with Gasteiger partial charge in [-0.2, -0.15) is 0 Å². The van der Waals surface area contributed by atoms with Crippen LogP contribution in [0.1, 0.15) is 46.5 Å². The molecule has 0 radical (unpaired) electrons. The molecule has 0 nitrogen and oxygen atoms in total. The zero-order valence-corrected chi connectivity index (χ0v) is 8.72. The normalized spacial score (nSPS) is 50.8. The Hall–Kier alpha value is 0. The van der Waals surface area contributed by atoms with E-state index in [0.717, 1.165) is 29.6 Å². The average Bonchev–Trinajstić information content (AvgIpc) is 2.56. The molecule has 0 bridgehead atoms. The summed E-state index contributed by atoms with van der Waals surface area (Å²) in [6.45, 7) is 7.24. The predicted octanol–water partition coefficient (Wildman–Crippen LogP) is 3.71. The molecule has 2 saturated carbocycles. The van der Waals surface area contributed by atoms with Gasteiger partial charge in [-0.25, -0.2) is 0 Å². The Morgan fingerprint density at radius 2 is 1.92 bits per heavy atom.